The molecule has 1 unspecified atom stereocenters. The van der Waals surface area contributed by atoms with Crippen molar-refractivity contribution in [3.63, 3.8) is 0 Å². The van der Waals surface area contributed by atoms with E-state index in [1.54, 1.807) is 0 Å². The van der Waals surface area contributed by atoms with Crippen molar-refractivity contribution >= 4 is 11.3 Å². The minimum absolute atomic E-state index is 0.633. The maximum atomic E-state index is 2.28. The molecule has 1 aliphatic rings. The fourth-order valence-corrected chi connectivity index (χ4v) is 2.41. The van der Waals surface area contributed by atoms with Crippen LogP contribution in [0.3, 0.4) is 0 Å². The summed E-state index contributed by atoms with van der Waals surface area (Å²) in [5, 5.41) is 0. The first-order valence-corrected chi connectivity index (χ1v) is 5.07. The van der Waals surface area contributed by atoms with E-state index in [-0.39, 0.29) is 0 Å². The van der Waals surface area contributed by atoms with E-state index in [1.165, 1.54) is 9.75 Å². The van der Waals surface area contributed by atoms with Crippen LogP contribution in [0, 0.1) is 6.92 Å². The van der Waals surface area contributed by atoms with Gasteiger partial charge in [0.1, 0.15) is 0 Å². The van der Waals surface area contributed by atoms with Crippen molar-refractivity contribution in [2.24, 2.45) is 0 Å². The molecule has 1 heterocycles. The molecule has 1 atom stereocenters. The number of rotatable bonds is 1. The molecule has 0 fully saturated rings. The van der Waals surface area contributed by atoms with E-state index in [2.05, 4.69) is 43.4 Å². The number of hydrogen-bond acceptors (Lipinski definition) is 1. The summed E-state index contributed by atoms with van der Waals surface area (Å²) >= 11 is 1.91. The summed E-state index contributed by atoms with van der Waals surface area (Å²) < 4.78 is 0. The molecule has 0 saturated heterocycles. The molecule has 0 amide bonds. The second-order valence-electron chi connectivity index (χ2n) is 3.10. The first-order valence-electron chi connectivity index (χ1n) is 4.26. The second-order valence-corrected chi connectivity index (χ2v) is 4.42. The standard InChI is InChI=1S/C11H12S/c1-9-7-8-11(12-9)10-5-3-2-4-6-10/h2-5,7-8,10H,6H2,1H3. The third-order valence-corrected chi connectivity index (χ3v) is 3.24. The van der Waals surface area contributed by atoms with E-state index < -0.39 is 0 Å². The van der Waals surface area contributed by atoms with E-state index in [1.807, 2.05) is 11.3 Å². The second kappa shape index (κ2) is 3.28. The summed E-state index contributed by atoms with van der Waals surface area (Å²) in [7, 11) is 0. The summed E-state index contributed by atoms with van der Waals surface area (Å²) in [5.74, 6) is 0.633. The van der Waals surface area contributed by atoms with Crippen LogP contribution >= 0.6 is 11.3 Å². The average molecular weight is 176 g/mol. The topological polar surface area (TPSA) is 0 Å². The molecule has 0 aliphatic heterocycles. The lowest BCUT2D eigenvalue weighted by Crippen LogP contribution is -1.91. The Morgan fingerprint density at radius 2 is 2.25 bits per heavy atom. The van der Waals surface area contributed by atoms with Crippen LogP contribution in [0.2, 0.25) is 0 Å². The first kappa shape index (κ1) is 7.81. The minimum atomic E-state index is 0.633. The summed E-state index contributed by atoms with van der Waals surface area (Å²) in [5.41, 5.74) is 0. The molecule has 0 saturated carbocycles. The van der Waals surface area contributed by atoms with Crippen molar-refractivity contribution in [2.75, 3.05) is 0 Å². The van der Waals surface area contributed by atoms with Gasteiger partial charge in [-0.25, -0.2) is 0 Å². The summed E-state index contributed by atoms with van der Waals surface area (Å²) in [6.07, 6.45) is 9.95. The number of thiophene rings is 1. The quantitative estimate of drug-likeness (QED) is 0.612. The Morgan fingerprint density at radius 1 is 1.33 bits per heavy atom. The molecule has 12 heavy (non-hydrogen) atoms. The normalized spacial score (nSPS) is 21.6. The third-order valence-electron chi connectivity index (χ3n) is 2.11. The smallest absolute Gasteiger partial charge is 0.0150 e. The van der Waals surface area contributed by atoms with Gasteiger partial charge in [-0.05, 0) is 25.5 Å². The van der Waals surface area contributed by atoms with Gasteiger partial charge in [0, 0.05) is 15.7 Å². The van der Waals surface area contributed by atoms with E-state index in [0.717, 1.165) is 6.42 Å². The molecular formula is C11H12S. The predicted molar refractivity (Wildman–Crippen MR) is 54.7 cm³/mol. The van der Waals surface area contributed by atoms with Crippen molar-refractivity contribution in [1.29, 1.82) is 0 Å². The molecule has 1 aromatic rings. The number of allylic oxidation sites excluding steroid dienone is 4. The van der Waals surface area contributed by atoms with Gasteiger partial charge in [0.05, 0.1) is 0 Å². The van der Waals surface area contributed by atoms with Gasteiger partial charge >= 0.3 is 0 Å². The first-order chi connectivity index (χ1) is 5.86. The molecular weight excluding hydrogens is 164 g/mol. The Labute approximate surface area is 77.2 Å². The average Bonchev–Trinajstić information content (AvgIpc) is 2.54. The minimum Gasteiger partial charge on any atom is -0.145 e. The third kappa shape index (κ3) is 1.51. The predicted octanol–water partition coefficient (Wildman–Crippen LogP) is 3.66. The molecule has 0 bridgehead atoms. The van der Waals surface area contributed by atoms with Crippen LogP contribution < -0.4 is 0 Å². The fraction of sp³-hybridized carbons (Fsp3) is 0.273. The van der Waals surface area contributed by atoms with Crippen molar-refractivity contribution in [3.05, 3.63) is 46.2 Å². The zero-order chi connectivity index (χ0) is 8.39. The van der Waals surface area contributed by atoms with Crippen LogP contribution in [0.5, 0.6) is 0 Å². The van der Waals surface area contributed by atoms with Crippen molar-refractivity contribution in [1.82, 2.24) is 0 Å². The molecule has 0 aromatic carbocycles. The summed E-state index contributed by atoms with van der Waals surface area (Å²) in [6.45, 7) is 2.16. The molecule has 62 valence electrons. The Bertz CT molecular complexity index is 318. The Morgan fingerprint density at radius 3 is 2.83 bits per heavy atom. The lowest BCUT2D eigenvalue weighted by Gasteiger charge is -2.09. The zero-order valence-electron chi connectivity index (χ0n) is 7.16. The number of hydrogen-bond donors (Lipinski definition) is 0. The monoisotopic (exact) mass is 176 g/mol. The van der Waals surface area contributed by atoms with E-state index in [9.17, 15) is 0 Å². The summed E-state index contributed by atoms with van der Waals surface area (Å²) in [6, 6.07) is 4.44. The highest BCUT2D eigenvalue weighted by atomic mass is 32.1. The molecule has 0 spiro atoms. The maximum absolute atomic E-state index is 2.28. The van der Waals surface area contributed by atoms with Crippen LogP contribution in [-0.4, -0.2) is 0 Å². The molecule has 0 nitrogen and oxygen atoms in total. The Hall–Kier alpha value is -0.820. The van der Waals surface area contributed by atoms with Crippen molar-refractivity contribution < 1.29 is 0 Å². The highest BCUT2D eigenvalue weighted by molar-refractivity contribution is 7.12. The van der Waals surface area contributed by atoms with Gasteiger partial charge in [-0.15, -0.1) is 11.3 Å². The van der Waals surface area contributed by atoms with Gasteiger partial charge in [-0.3, -0.25) is 0 Å². The Balaban J connectivity index is 2.20. The van der Waals surface area contributed by atoms with Gasteiger partial charge in [0.2, 0.25) is 0 Å². The molecule has 1 aliphatic carbocycles. The van der Waals surface area contributed by atoms with Crippen molar-refractivity contribution in [2.45, 2.75) is 19.3 Å². The Kier molecular flexibility index (Phi) is 2.13. The van der Waals surface area contributed by atoms with Gasteiger partial charge in [0.25, 0.3) is 0 Å². The molecule has 1 aromatic heterocycles. The highest BCUT2D eigenvalue weighted by Gasteiger charge is 2.09. The van der Waals surface area contributed by atoms with Crippen LogP contribution in [0.15, 0.2) is 36.4 Å². The molecule has 0 N–H and O–H groups in total. The van der Waals surface area contributed by atoms with Crippen LogP contribution in [-0.2, 0) is 0 Å². The molecule has 0 radical (unpaired) electrons. The zero-order valence-corrected chi connectivity index (χ0v) is 7.97. The highest BCUT2D eigenvalue weighted by Crippen LogP contribution is 2.29. The fourth-order valence-electron chi connectivity index (χ4n) is 1.44. The number of aryl methyl sites for hydroxylation is 1. The van der Waals surface area contributed by atoms with E-state index in [4.69, 9.17) is 0 Å². The lowest BCUT2D eigenvalue weighted by atomic mass is 9.99. The van der Waals surface area contributed by atoms with E-state index in [0.29, 0.717) is 5.92 Å². The molecule has 2 rings (SSSR count). The van der Waals surface area contributed by atoms with Crippen molar-refractivity contribution in [3.8, 4) is 0 Å². The molecule has 1 heteroatoms. The van der Waals surface area contributed by atoms with Crippen LogP contribution in [0.25, 0.3) is 0 Å². The van der Waals surface area contributed by atoms with Gasteiger partial charge in [-0.2, -0.15) is 0 Å². The van der Waals surface area contributed by atoms with Gasteiger partial charge in [-0.1, -0.05) is 24.3 Å². The van der Waals surface area contributed by atoms with Crippen LogP contribution in [0.1, 0.15) is 22.1 Å². The van der Waals surface area contributed by atoms with Gasteiger partial charge in [0.15, 0.2) is 0 Å². The van der Waals surface area contributed by atoms with Gasteiger partial charge < -0.3 is 0 Å². The van der Waals surface area contributed by atoms with Crippen LogP contribution in [0.4, 0.5) is 0 Å². The maximum Gasteiger partial charge on any atom is 0.0150 e. The summed E-state index contributed by atoms with van der Waals surface area (Å²) in [4.78, 5) is 2.90. The SMILES string of the molecule is Cc1ccc(C2C=CC=CC2)s1. The van der Waals surface area contributed by atoms with E-state index >= 15 is 0 Å². The lowest BCUT2D eigenvalue weighted by molar-refractivity contribution is 0.873. The largest absolute Gasteiger partial charge is 0.145 e.